The number of methoxy groups -OCH3 is 1. The number of carbonyl (C=O) groups is 3. The third-order valence-corrected chi connectivity index (χ3v) is 4.67. The first kappa shape index (κ1) is 17.9. The summed E-state index contributed by atoms with van der Waals surface area (Å²) in [5.74, 6) is -0.589. The van der Waals surface area contributed by atoms with E-state index in [1.165, 1.54) is 11.3 Å². The Balaban J connectivity index is 1.52. The van der Waals surface area contributed by atoms with Gasteiger partial charge in [-0.25, -0.2) is 4.98 Å². The first-order valence-corrected chi connectivity index (χ1v) is 8.86. The van der Waals surface area contributed by atoms with Gasteiger partial charge < -0.3 is 20.3 Å². The second-order valence-electron chi connectivity index (χ2n) is 5.71. The van der Waals surface area contributed by atoms with Crippen LogP contribution in [0.1, 0.15) is 6.42 Å². The third-order valence-electron chi connectivity index (χ3n) is 3.98. The minimum atomic E-state index is -0.489. The van der Waals surface area contributed by atoms with Crippen LogP contribution in [0.5, 0.6) is 5.75 Å². The summed E-state index contributed by atoms with van der Waals surface area (Å²) < 4.78 is 5.10. The van der Waals surface area contributed by atoms with Crippen LogP contribution in [0, 0.1) is 5.92 Å². The second-order valence-corrected chi connectivity index (χ2v) is 6.60. The molecule has 2 aromatic rings. The van der Waals surface area contributed by atoms with Gasteiger partial charge in [0, 0.05) is 30.2 Å². The number of carbonyl (C=O) groups excluding carboxylic acids is 3. The molecule has 2 heterocycles. The monoisotopic (exact) mass is 374 g/mol. The van der Waals surface area contributed by atoms with E-state index in [0.717, 1.165) is 0 Å². The zero-order chi connectivity index (χ0) is 18.5. The van der Waals surface area contributed by atoms with Crippen molar-refractivity contribution in [2.24, 2.45) is 5.92 Å². The first-order chi connectivity index (χ1) is 12.6. The van der Waals surface area contributed by atoms with E-state index < -0.39 is 5.92 Å². The van der Waals surface area contributed by atoms with Gasteiger partial charge in [-0.3, -0.25) is 14.4 Å². The molecular weight excluding hydrogens is 356 g/mol. The van der Waals surface area contributed by atoms with Crippen LogP contribution < -0.4 is 20.3 Å². The molecule has 0 spiro atoms. The molecule has 2 N–H and O–H groups in total. The van der Waals surface area contributed by atoms with Gasteiger partial charge >= 0.3 is 0 Å². The topological polar surface area (TPSA) is 101 Å². The number of amides is 3. The van der Waals surface area contributed by atoms with Gasteiger partial charge in [-0.1, -0.05) is 0 Å². The van der Waals surface area contributed by atoms with Gasteiger partial charge in [-0.15, -0.1) is 11.3 Å². The highest BCUT2D eigenvalue weighted by Crippen LogP contribution is 2.26. The van der Waals surface area contributed by atoms with Crippen molar-refractivity contribution in [3.05, 3.63) is 35.8 Å². The predicted octanol–water partition coefficient (Wildman–Crippen LogP) is 1.26. The van der Waals surface area contributed by atoms with Gasteiger partial charge in [-0.2, -0.15) is 0 Å². The number of nitrogens with one attached hydrogen (secondary N) is 2. The number of thiazole rings is 1. The summed E-state index contributed by atoms with van der Waals surface area (Å²) in [6, 6.07) is 7.08. The summed E-state index contributed by atoms with van der Waals surface area (Å²) in [7, 11) is 1.57. The molecule has 136 valence electrons. The van der Waals surface area contributed by atoms with Crippen molar-refractivity contribution in [3.8, 4) is 5.75 Å². The first-order valence-electron chi connectivity index (χ1n) is 7.98. The lowest BCUT2D eigenvalue weighted by atomic mass is 10.1. The van der Waals surface area contributed by atoms with E-state index >= 15 is 0 Å². The lowest BCUT2D eigenvalue weighted by Crippen LogP contribution is -2.37. The highest BCUT2D eigenvalue weighted by Gasteiger charge is 2.35. The molecule has 9 heteroatoms. The van der Waals surface area contributed by atoms with Gasteiger partial charge in [-0.05, 0) is 24.3 Å². The lowest BCUT2D eigenvalue weighted by Gasteiger charge is -2.17. The summed E-state index contributed by atoms with van der Waals surface area (Å²) in [6.07, 6.45) is 1.70. The van der Waals surface area contributed by atoms with Crippen LogP contribution in [0.4, 0.5) is 10.8 Å². The lowest BCUT2D eigenvalue weighted by molar-refractivity contribution is -0.127. The number of anilines is 2. The number of nitrogens with zero attached hydrogens (tertiary/aromatic N) is 2. The molecule has 1 aliphatic rings. The van der Waals surface area contributed by atoms with Crippen LogP contribution in [0.15, 0.2) is 35.8 Å². The molecule has 3 rings (SSSR count). The Kier molecular flexibility index (Phi) is 5.47. The van der Waals surface area contributed by atoms with Crippen molar-refractivity contribution >= 4 is 39.9 Å². The summed E-state index contributed by atoms with van der Waals surface area (Å²) in [4.78, 5) is 41.8. The minimum absolute atomic E-state index is 0.117. The average molecular weight is 374 g/mol. The van der Waals surface area contributed by atoms with Crippen LogP contribution in [-0.2, 0) is 14.4 Å². The maximum Gasteiger partial charge on any atom is 0.245 e. The molecule has 1 aliphatic heterocycles. The van der Waals surface area contributed by atoms with Crippen molar-refractivity contribution in [1.29, 1.82) is 0 Å². The Hall–Kier alpha value is -2.94. The Bertz CT molecular complexity index is 792. The molecule has 0 unspecified atom stereocenters. The van der Waals surface area contributed by atoms with E-state index in [9.17, 15) is 14.4 Å². The van der Waals surface area contributed by atoms with E-state index in [0.29, 0.717) is 16.6 Å². The number of ether oxygens (including phenoxy) is 1. The van der Waals surface area contributed by atoms with E-state index in [2.05, 4.69) is 15.6 Å². The maximum atomic E-state index is 12.3. The highest BCUT2D eigenvalue weighted by atomic mass is 32.1. The molecule has 1 saturated heterocycles. The minimum Gasteiger partial charge on any atom is -0.497 e. The molecule has 1 atom stereocenters. The van der Waals surface area contributed by atoms with Gasteiger partial charge in [0.2, 0.25) is 17.7 Å². The number of hydrogen-bond donors (Lipinski definition) is 2. The predicted molar refractivity (Wildman–Crippen MR) is 97.2 cm³/mol. The van der Waals surface area contributed by atoms with Crippen LogP contribution in [0.2, 0.25) is 0 Å². The Morgan fingerprint density at radius 2 is 2.12 bits per heavy atom. The molecule has 0 aliphatic carbocycles. The fraction of sp³-hybridized carbons (Fsp3) is 0.294. The summed E-state index contributed by atoms with van der Waals surface area (Å²) in [6.45, 7) is 0.122. The Morgan fingerprint density at radius 3 is 2.77 bits per heavy atom. The van der Waals surface area contributed by atoms with Crippen molar-refractivity contribution < 1.29 is 19.1 Å². The standard InChI is InChI=1S/C17H18N4O4S/c1-25-13-4-2-12(3-5-13)21-10-11(8-15(21)23)16(24)19-9-14(22)20-17-18-6-7-26-17/h2-7,11H,8-10H2,1H3,(H,19,24)(H,18,20,22)/t11-/m0/s1. The normalized spacial score (nSPS) is 16.4. The number of hydrogen-bond acceptors (Lipinski definition) is 6. The molecule has 3 amide bonds. The molecule has 1 fully saturated rings. The number of aromatic nitrogens is 1. The van der Waals surface area contributed by atoms with Crippen LogP contribution in [0.3, 0.4) is 0 Å². The third kappa shape index (κ3) is 4.17. The summed E-state index contributed by atoms with van der Waals surface area (Å²) in [5.41, 5.74) is 0.715. The zero-order valence-electron chi connectivity index (χ0n) is 14.1. The van der Waals surface area contributed by atoms with Crippen LogP contribution in [-0.4, -0.2) is 42.9 Å². The van der Waals surface area contributed by atoms with Crippen molar-refractivity contribution in [2.75, 3.05) is 30.4 Å². The summed E-state index contributed by atoms with van der Waals surface area (Å²) >= 11 is 1.30. The summed E-state index contributed by atoms with van der Waals surface area (Å²) in [5, 5.41) is 7.38. The van der Waals surface area contributed by atoms with Crippen LogP contribution >= 0.6 is 11.3 Å². The van der Waals surface area contributed by atoms with Crippen molar-refractivity contribution in [3.63, 3.8) is 0 Å². The molecule has 26 heavy (non-hydrogen) atoms. The fourth-order valence-electron chi connectivity index (χ4n) is 2.66. The maximum absolute atomic E-state index is 12.3. The largest absolute Gasteiger partial charge is 0.497 e. The highest BCUT2D eigenvalue weighted by molar-refractivity contribution is 7.13. The van der Waals surface area contributed by atoms with Crippen LogP contribution in [0.25, 0.3) is 0 Å². The SMILES string of the molecule is COc1ccc(N2C[C@@H](C(=O)NCC(=O)Nc3nccs3)CC2=O)cc1. The van der Waals surface area contributed by atoms with Gasteiger partial charge in [0.05, 0.1) is 19.6 Å². The van der Waals surface area contributed by atoms with Gasteiger partial charge in [0.15, 0.2) is 5.13 Å². The zero-order valence-corrected chi connectivity index (χ0v) is 14.9. The molecular formula is C17H18N4O4S. The van der Waals surface area contributed by atoms with E-state index in [-0.39, 0.29) is 37.2 Å². The van der Waals surface area contributed by atoms with Crippen molar-refractivity contribution in [1.82, 2.24) is 10.3 Å². The molecule has 1 aromatic carbocycles. The van der Waals surface area contributed by atoms with E-state index in [4.69, 9.17) is 4.74 Å². The van der Waals surface area contributed by atoms with E-state index in [1.54, 1.807) is 47.9 Å². The molecule has 0 saturated carbocycles. The molecule has 0 bridgehead atoms. The fourth-order valence-corrected chi connectivity index (χ4v) is 3.20. The Morgan fingerprint density at radius 1 is 1.35 bits per heavy atom. The smallest absolute Gasteiger partial charge is 0.245 e. The van der Waals surface area contributed by atoms with Gasteiger partial charge in [0.25, 0.3) is 0 Å². The van der Waals surface area contributed by atoms with E-state index in [1.807, 2.05) is 0 Å². The molecule has 0 radical (unpaired) electrons. The molecule has 1 aromatic heterocycles. The quantitative estimate of drug-likeness (QED) is 0.793. The van der Waals surface area contributed by atoms with Gasteiger partial charge in [0.1, 0.15) is 5.75 Å². The van der Waals surface area contributed by atoms with Crippen molar-refractivity contribution in [2.45, 2.75) is 6.42 Å². The molecule has 8 nitrogen and oxygen atoms in total. The number of benzene rings is 1. The second kappa shape index (κ2) is 7.96. The average Bonchev–Trinajstić information content (AvgIpc) is 3.29. The Labute approximate surface area is 154 Å². The number of rotatable bonds is 6.